The van der Waals surface area contributed by atoms with E-state index < -0.39 is 5.91 Å². The van der Waals surface area contributed by atoms with Crippen molar-refractivity contribution in [2.45, 2.75) is 13.5 Å². The third-order valence-electron chi connectivity index (χ3n) is 3.66. The molecule has 21 heavy (non-hydrogen) atoms. The Labute approximate surface area is 122 Å². The first-order valence-corrected chi connectivity index (χ1v) is 6.63. The van der Waals surface area contributed by atoms with Crippen molar-refractivity contribution in [3.63, 3.8) is 0 Å². The lowest BCUT2D eigenvalue weighted by Gasteiger charge is -2.08. The maximum Gasteiger partial charge on any atom is 0.254 e. The molecular weight excluding hydrogens is 266 g/mol. The van der Waals surface area contributed by atoms with Crippen molar-refractivity contribution in [1.29, 1.82) is 0 Å². The molecule has 0 radical (unpaired) electrons. The Balaban J connectivity index is 2.15. The number of primary amides is 1. The van der Waals surface area contributed by atoms with E-state index in [1.807, 2.05) is 19.1 Å². The number of hydrogen-bond donors (Lipinski definition) is 1. The second kappa shape index (κ2) is 4.70. The molecule has 0 spiro atoms. The Kier molecular flexibility index (Phi) is 2.97. The van der Waals surface area contributed by atoms with Crippen LogP contribution in [0.3, 0.4) is 0 Å². The molecule has 2 N–H and O–H groups in total. The van der Waals surface area contributed by atoms with Gasteiger partial charge in [0, 0.05) is 30.4 Å². The smallest absolute Gasteiger partial charge is 0.254 e. The highest BCUT2D eigenvalue weighted by Crippen LogP contribution is 2.28. The number of rotatable bonds is 2. The van der Waals surface area contributed by atoms with Crippen LogP contribution in [-0.4, -0.2) is 28.7 Å². The van der Waals surface area contributed by atoms with E-state index in [0.29, 0.717) is 23.4 Å². The lowest BCUT2D eigenvalue weighted by molar-refractivity contribution is 0.0816. The van der Waals surface area contributed by atoms with Gasteiger partial charge >= 0.3 is 0 Å². The molecule has 5 heteroatoms. The molecule has 0 saturated heterocycles. The Morgan fingerprint density at radius 3 is 2.76 bits per heavy atom. The molecule has 1 aliphatic rings. The van der Waals surface area contributed by atoms with Crippen LogP contribution in [0.25, 0.3) is 11.3 Å². The predicted molar refractivity (Wildman–Crippen MR) is 78.7 cm³/mol. The van der Waals surface area contributed by atoms with Crippen molar-refractivity contribution in [3.8, 4) is 11.3 Å². The quantitative estimate of drug-likeness (QED) is 0.911. The molecule has 1 aromatic carbocycles. The number of aryl methyl sites for hydroxylation is 1. The Morgan fingerprint density at radius 1 is 1.29 bits per heavy atom. The number of fused-ring (bicyclic) bond motifs is 1. The van der Waals surface area contributed by atoms with Gasteiger partial charge in [-0.25, -0.2) is 0 Å². The third-order valence-corrected chi connectivity index (χ3v) is 3.66. The van der Waals surface area contributed by atoms with Crippen molar-refractivity contribution in [2.75, 3.05) is 7.05 Å². The summed E-state index contributed by atoms with van der Waals surface area (Å²) in [6, 6.07) is 8.94. The fourth-order valence-electron chi connectivity index (χ4n) is 2.59. The van der Waals surface area contributed by atoms with Crippen LogP contribution in [0.5, 0.6) is 0 Å². The summed E-state index contributed by atoms with van der Waals surface area (Å²) in [6.07, 6.45) is 0. The minimum absolute atomic E-state index is 0.0175. The highest BCUT2D eigenvalue weighted by Gasteiger charge is 2.25. The van der Waals surface area contributed by atoms with Crippen molar-refractivity contribution in [1.82, 2.24) is 9.88 Å². The minimum atomic E-state index is -0.508. The van der Waals surface area contributed by atoms with E-state index in [9.17, 15) is 9.59 Å². The average Bonchev–Trinajstić information content (AvgIpc) is 2.73. The number of aromatic nitrogens is 1. The van der Waals surface area contributed by atoms with Crippen LogP contribution in [0.2, 0.25) is 0 Å². The monoisotopic (exact) mass is 281 g/mol. The average molecular weight is 281 g/mol. The number of pyridine rings is 1. The molecule has 5 nitrogen and oxygen atoms in total. The van der Waals surface area contributed by atoms with Crippen molar-refractivity contribution in [2.24, 2.45) is 5.73 Å². The van der Waals surface area contributed by atoms with Gasteiger partial charge in [-0.2, -0.15) is 0 Å². The van der Waals surface area contributed by atoms with Crippen LogP contribution in [0, 0.1) is 6.92 Å². The maximum absolute atomic E-state index is 11.9. The van der Waals surface area contributed by atoms with Crippen LogP contribution < -0.4 is 5.73 Å². The van der Waals surface area contributed by atoms with Gasteiger partial charge in [-0.1, -0.05) is 6.07 Å². The van der Waals surface area contributed by atoms with Gasteiger partial charge in [-0.15, -0.1) is 0 Å². The summed E-state index contributed by atoms with van der Waals surface area (Å²) in [4.78, 5) is 29.6. The van der Waals surface area contributed by atoms with Gasteiger partial charge in [0.2, 0.25) is 0 Å². The summed E-state index contributed by atoms with van der Waals surface area (Å²) in [6.45, 7) is 2.43. The predicted octanol–water partition coefficient (Wildman–Crippen LogP) is 1.74. The molecule has 0 aliphatic carbocycles. The second-order valence-electron chi connectivity index (χ2n) is 5.25. The highest BCUT2D eigenvalue weighted by atomic mass is 16.2. The molecule has 2 amide bonds. The lowest BCUT2D eigenvalue weighted by Crippen LogP contribution is -2.17. The lowest BCUT2D eigenvalue weighted by atomic mass is 10.00. The largest absolute Gasteiger partial charge is 0.366 e. The molecule has 1 aliphatic heterocycles. The molecule has 2 heterocycles. The number of carbonyl (C=O) groups excluding carboxylic acids is 2. The number of carbonyl (C=O) groups is 2. The summed E-state index contributed by atoms with van der Waals surface area (Å²) in [7, 11) is 1.77. The van der Waals surface area contributed by atoms with Gasteiger partial charge in [0.05, 0.1) is 11.3 Å². The first kappa shape index (κ1) is 13.3. The van der Waals surface area contributed by atoms with Crippen LogP contribution in [-0.2, 0) is 6.54 Å². The molecule has 0 fully saturated rings. The van der Waals surface area contributed by atoms with Gasteiger partial charge in [0.1, 0.15) is 0 Å². The van der Waals surface area contributed by atoms with Gasteiger partial charge in [0.15, 0.2) is 0 Å². The van der Waals surface area contributed by atoms with E-state index in [-0.39, 0.29) is 5.91 Å². The number of amides is 2. The van der Waals surface area contributed by atoms with Gasteiger partial charge in [-0.3, -0.25) is 14.6 Å². The van der Waals surface area contributed by atoms with Crippen molar-refractivity contribution in [3.05, 3.63) is 52.7 Å². The van der Waals surface area contributed by atoms with Gasteiger partial charge in [0.25, 0.3) is 11.8 Å². The highest BCUT2D eigenvalue weighted by molar-refractivity contribution is 6.01. The standard InChI is InChI=1S/C16H15N3O2/c1-9-3-5-13(15(17)20)14(18-9)10-4-6-12-11(7-10)8-19(2)16(12)21/h3-7H,8H2,1-2H3,(H2,17,20). The second-order valence-corrected chi connectivity index (χ2v) is 5.25. The molecule has 106 valence electrons. The Morgan fingerprint density at radius 2 is 2.05 bits per heavy atom. The molecule has 0 unspecified atom stereocenters. The Hall–Kier alpha value is -2.69. The summed E-state index contributed by atoms with van der Waals surface area (Å²) in [5.41, 5.74) is 9.62. The van der Waals surface area contributed by atoms with E-state index in [2.05, 4.69) is 4.98 Å². The topological polar surface area (TPSA) is 76.3 Å². The fraction of sp³-hybridized carbons (Fsp3) is 0.188. The zero-order valence-corrected chi connectivity index (χ0v) is 11.9. The maximum atomic E-state index is 11.9. The third kappa shape index (κ3) is 2.16. The summed E-state index contributed by atoms with van der Waals surface area (Å²) < 4.78 is 0. The van der Waals surface area contributed by atoms with E-state index in [4.69, 9.17) is 5.73 Å². The van der Waals surface area contributed by atoms with E-state index in [1.165, 1.54) is 0 Å². The summed E-state index contributed by atoms with van der Waals surface area (Å²) in [5.74, 6) is -0.491. The molecule has 1 aromatic heterocycles. The normalized spacial score (nSPS) is 13.4. The van der Waals surface area contributed by atoms with Gasteiger partial charge < -0.3 is 10.6 Å². The first-order valence-electron chi connectivity index (χ1n) is 6.63. The first-order chi connectivity index (χ1) is 9.97. The minimum Gasteiger partial charge on any atom is -0.366 e. The zero-order valence-electron chi connectivity index (χ0n) is 11.9. The van der Waals surface area contributed by atoms with E-state index in [1.54, 1.807) is 30.1 Å². The molecule has 2 aromatic rings. The SMILES string of the molecule is Cc1ccc(C(N)=O)c(-c2ccc3c(c2)CN(C)C3=O)n1. The molecule has 0 atom stereocenters. The van der Waals surface area contributed by atoms with Crippen molar-refractivity contribution >= 4 is 11.8 Å². The molecule has 3 rings (SSSR count). The van der Waals surface area contributed by atoms with Crippen LogP contribution in [0.1, 0.15) is 32.0 Å². The van der Waals surface area contributed by atoms with Crippen LogP contribution >= 0.6 is 0 Å². The van der Waals surface area contributed by atoms with Gasteiger partial charge in [-0.05, 0) is 36.8 Å². The number of benzene rings is 1. The summed E-state index contributed by atoms with van der Waals surface area (Å²) >= 11 is 0. The zero-order chi connectivity index (χ0) is 15.1. The molecule has 0 bridgehead atoms. The van der Waals surface area contributed by atoms with Crippen molar-refractivity contribution < 1.29 is 9.59 Å². The van der Waals surface area contributed by atoms with Crippen LogP contribution in [0.15, 0.2) is 30.3 Å². The van der Waals surface area contributed by atoms with E-state index >= 15 is 0 Å². The molecule has 0 saturated carbocycles. The number of hydrogen-bond acceptors (Lipinski definition) is 3. The number of nitrogens with zero attached hydrogens (tertiary/aromatic N) is 2. The van der Waals surface area contributed by atoms with Crippen LogP contribution in [0.4, 0.5) is 0 Å². The fourth-order valence-corrected chi connectivity index (χ4v) is 2.59. The number of nitrogens with two attached hydrogens (primary N) is 1. The Bertz CT molecular complexity index is 768. The summed E-state index contributed by atoms with van der Waals surface area (Å²) in [5, 5.41) is 0. The molecular formula is C16H15N3O2. The van der Waals surface area contributed by atoms with E-state index in [0.717, 1.165) is 16.8 Å².